The fraction of sp³-hybridized carbons (Fsp3) is 0.333. The van der Waals surface area contributed by atoms with E-state index < -0.39 is 23.7 Å². The number of rotatable bonds is 2. The van der Waals surface area contributed by atoms with Crippen LogP contribution in [0, 0.1) is 0 Å². The largest absolute Gasteiger partial charge is 0.416 e. The number of carbonyl (C=O) groups excluding carboxylic acids is 2. The average Bonchev–Trinajstić information content (AvgIpc) is 2.74. The van der Waals surface area contributed by atoms with Gasteiger partial charge in [-0.25, -0.2) is 0 Å². The van der Waals surface area contributed by atoms with Crippen molar-refractivity contribution >= 4 is 22.8 Å². The monoisotopic (exact) mass is 289 g/mol. The number of halogens is 3. The molecule has 1 atom stereocenters. The topological polar surface area (TPSA) is 46.2 Å². The van der Waals surface area contributed by atoms with Gasteiger partial charge in [0.15, 0.2) is 0 Å². The molecule has 19 heavy (non-hydrogen) atoms. The number of benzene rings is 1. The van der Waals surface area contributed by atoms with Gasteiger partial charge >= 0.3 is 6.18 Å². The summed E-state index contributed by atoms with van der Waals surface area (Å²) in [6.45, 7) is 0. The van der Waals surface area contributed by atoms with Crippen molar-refractivity contribution in [1.82, 2.24) is 5.32 Å². The van der Waals surface area contributed by atoms with Crippen LogP contribution in [0.5, 0.6) is 0 Å². The minimum absolute atomic E-state index is 0.0977. The second kappa shape index (κ2) is 5.24. The third-order valence-electron chi connectivity index (χ3n) is 2.69. The molecule has 1 N–H and O–H groups in total. The van der Waals surface area contributed by atoms with Gasteiger partial charge < -0.3 is 5.32 Å². The lowest BCUT2D eigenvalue weighted by Crippen LogP contribution is -2.37. The summed E-state index contributed by atoms with van der Waals surface area (Å²) in [6.07, 6.45) is -3.98. The number of carbonyl (C=O) groups is 2. The first-order chi connectivity index (χ1) is 8.88. The van der Waals surface area contributed by atoms with Gasteiger partial charge in [0, 0.05) is 11.3 Å². The van der Waals surface area contributed by atoms with Crippen molar-refractivity contribution in [1.29, 1.82) is 0 Å². The van der Waals surface area contributed by atoms with Gasteiger partial charge in [0.25, 0.3) is 5.91 Å². The molecule has 3 nitrogen and oxygen atoms in total. The van der Waals surface area contributed by atoms with Crippen molar-refractivity contribution in [2.45, 2.75) is 18.6 Å². The maximum atomic E-state index is 12.5. The van der Waals surface area contributed by atoms with Crippen LogP contribution >= 0.6 is 11.8 Å². The summed E-state index contributed by atoms with van der Waals surface area (Å²) < 4.78 is 37.5. The van der Waals surface area contributed by atoms with Gasteiger partial charge in [-0.1, -0.05) is 17.8 Å². The number of amides is 1. The van der Waals surface area contributed by atoms with Crippen LogP contribution in [0.1, 0.15) is 22.3 Å². The first-order valence-electron chi connectivity index (χ1n) is 5.52. The van der Waals surface area contributed by atoms with Crippen LogP contribution in [0.3, 0.4) is 0 Å². The van der Waals surface area contributed by atoms with Crippen molar-refractivity contribution in [2.75, 3.05) is 5.75 Å². The fourth-order valence-corrected chi connectivity index (χ4v) is 2.64. The minimum Gasteiger partial charge on any atom is -0.341 e. The number of hydrogen-bond acceptors (Lipinski definition) is 3. The maximum absolute atomic E-state index is 12.5. The van der Waals surface area contributed by atoms with E-state index in [-0.39, 0.29) is 10.7 Å². The van der Waals surface area contributed by atoms with Crippen LogP contribution in [-0.2, 0) is 11.0 Å². The number of hydrogen-bond donors (Lipinski definition) is 1. The Labute approximate surface area is 111 Å². The van der Waals surface area contributed by atoms with E-state index in [4.69, 9.17) is 0 Å². The van der Waals surface area contributed by atoms with Crippen molar-refractivity contribution < 1.29 is 22.8 Å². The summed E-state index contributed by atoms with van der Waals surface area (Å²) in [5.41, 5.74) is -0.980. The molecule has 1 aliphatic heterocycles. The van der Waals surface area contributed by atoms with Crippen molar-refractivity contribution in [3.63, 3.8) is 0 Å². The third-order valence-corrected chi connectivity index (χ3v) is 3.70. The maximum Gasteiger partial charge on any atom is 0.416 e. The van der Waals surface area contributed by atoms with E-state index in [1.807, 2.05) is 0 Å². The smallest absolute Gasteiger partial charge is 0.341 e. The summed E-state index contributed by atoms with van der Waals surface area (Å²) in [5.74, 6) is -0.0428. The summed E-state index contributed by atoms with van der Waals surface area (Å²) in [5, 5.41) is 2.29. The first-order valence-corrected chi connectivity index (χ1v) is 6.51. The highest BCUT2D eigenvalue weighted by Crippen LogP contribution is 2.29. The highest BCUT2D eigenvalue weighted by atomic mass is 32.2. The fourth-order valence-electron chi connectivity index (χ4n) is 1.71. The SMILES string of the molecule is O=C(N[C@H]1CCSC1=O)c1cccc(C(F)(F)F)c1. The van der Waals surface area contributed by atoms with Gasteiger partial charge in [-0.05, 0) is 24.6 Å². The zero-order chi connectivity index (χ0) is 14.0. The number of nitrogens with one attached hydrogen (secondary N) is 1. The Hall–Kier alpha value is -1.50. The van der Waals surface area contributed by atoms with Gasteiger partial charge in [0.1, 0.15) is 0 Å². The highest BCUT2D eigenvalue weighted by molar-refractivity contribution is 8.14. The van der Waals surface area contributed by atoms with E-state index in [0.717, 1.165) is 23.9 Å². The molecule has 0 radical (unpaired) electrons. The Morgan fingerprint density at radius 2 is 2.11 bits per heavy atom. The van der Waals surface area contributed by atoms with Crippen molar-refractivity contribution in [3.05, 3.63) is 35.4 Å². The van der Waals surface area contributed by atoms with Crippen molar-refractivity contribution in [3.8, 4) is 0 Å². The molecule has 0 spiro atoms. The van der Waals surface area contributed by atoms with Crippen LogP contribution < -0.4 is 5.32 Å². The molecule has 0 aliphatic carbocycles. The van der Waals surface area contributed by atoms with E-state index in [0.29, 0.717) is 12.2 Å². The standard InChI is InChI=1S/C12H10F3NO2S/c13-12(14,15)8-3-1-2-7(6-8)10(17)16-9-4-5-19-11(9)18/h1-3,6,9H,4-5H2,(H,16,17)/t9-/m0/s1. The molecule has 1 aliphatic rings. The van der Waals surface area contributed by atoms with E-state index >= 15 is 0 Å². The number of thioether (sulfide) groups is 1. The van der Waals surface area contributed by atoms with Crippen LogP contribution in [0.2, 0.25) is 0 Å². The Morgan fingerprint density at radius 3 is 2.68 bits per heavy atom. The van der Waals surface area contributed by atoms with E-state index in [2.05, 4.69) is 5.32 Å². The quantitative estimate of drug-likeness (QED) is 0.909. The molecule has 1 aromatic carbocycles. The second-order valence-electron chi connectivity index (χ2n) is 4.06. The molecule has 1 heterocycles. The van der Waals surface area contributed by atoms with E-state index in [9.17, 15) is 22.8 Å². The number of alkyl halides is 3. The Morgan fingerprint density at radius 1 is 1.37 bits per heavy atom. The molecule has 1 aromatic rings. The Kier molecular flexibility index (Phi) is 3.84. The van der Waals surface area contributed by atoms with E-state index in [1.165, 1.54) is 12.1 Å². The normalized spacial score (nSPS) is 19.5. The molecule has 7 heteroatoms. The summed E-state index contributed by atoms with van der Waals surface area (Å²) in [4.78, 5) is 23.1. The summed E-state index contributed by atoms with van der Waals surface area (Å²) in [6, 6.07) is 3.53. The zero-order valence-corrected chi connectivity index (χ0v) is 10.5. The van der Waals surface area contributed by atoms with Gasteiger partial charge in [0.2, 0.25) is 5.12 Å². The predicted molar refractivity (Wildman–Crippen MR) is 64.8 cm³/mol. The molecule has 1 amide bonds. The van der Waals surface area contributed by atoms with Crippen LogP contribution in [-0.4, -0.2) is 22.8 Å². The average molecular weight is 289 g/mol. The van der Waals surface area contributed by atoms with Gasteiger partial charge in [-0.2, -0.15) is 13.2 Å². The Balaban J connectivity index is 2.13. The van der Waals surface area contributed by atoms with E-state index in [1.54, 1.807) is 0 Å². The van der Waals surface area contributed by atoms with Crippen molar-refractivity contribution in [2.24, 2.45) is 0 Å². The lowest BCUT2D eigenvalue weighted by molar-refractivity contribution is -0.137. The zero-order valence-electron chi connectivity index (χ0n) is 9.66. The predicted octanol–water partition coefficient (Wildman–Crippen LogP) is 2.47. The lowest BCUT2D eigenvalue weighted by atomic mass is 10.1. The van der Waals surface area contributed by atoms with Gasteiger partial charge in [0.05, 0.1) is 11.6 Å². The molecule has 102 valence electrons. The van der Waals surface area contributed by atoms with Gasteiger partial charge in [-0.15, -0.1) is 0 Å². The molecular weight excluding hydrogens is 279 g/mol. The molecule has 1 fully saturated rings. The minimum atomic E-state index is -4.49. The van der Waals surface area contributed by atoms with Crippen LogP contribution in [0.25, 0.3) is 0 Å². The molecule has 0 bridgehead atoms. The van der Waals surface area contributed by atoms with Crippen LogP contribution in [0.4, 0.5) is 13.2 Å². The summed E-state index contributed by atoms with van der Waals surface area (Å²) >= 11 is 1.12. The van der Waals surface area contributed by atoms with Crippen LogP contribution in [0.15, 0.2) is 24.3 Å². The van der Waals surface area contributed by atoms with Gasteiger partial charge in [-0.3, -0.25) is 9.59 Å². The second-order valence-corrected chi connectivity index (χ2v) is 5.16. The molecular formula is C12H10F3NO2S. The molecule has 2 rings (SSSR count). The lowest BCUT2D eigenvalue weighted by Gasteiger charge is -2.12. The summed E-state index contributed by atoms with van der Waals surface area (Å²) in [7, 11) is 0. The molecule has 1 saturated heterocycles. The third kappa shape index (κ3) is 3.28. The highest BCUT2D eigenvalue weighted by Gasteiger charge is 2.31. The molecule has 0 saturated carbocycles. The molecule has 0 unspecified atom stereocenters. The first kappa shape index (κ1) is 13.9. The Bertz CT molecular complexity index is 516. The molecule has 0 aromatic heterocycles.